The second-order valence-electron chi connectivity index (χ2n) is 6.34. The minimum atomic E-state index is -3.58. The van der Waals surface area contributed by atoms with Crippen LogP contribution in [0.3, 0.4) is 0 Å². The average molecular weight is 391 g/mol. The second kappa shape index (κ2) is 9.18. The minimum absolute atomic E-state index is 0.188. The number of anilines is 1. The Hall–Kier alpha value is -2.13. The van der Waals surface area contributed by atoms with Gasteiger partial charge in [-0.3, -0.25) is 4.90 Å². The number of sulfonamides is 1. The molecule has 0 atom stereocenters. The number of ether oxygens (including phenoxy) is 2. The maximum Gasteiger partial charge on any atom is 0.240 e. The molecule has 1 saturated heterocycles. The zero-order chi connectivity index (χ0) is 19.1. The Balaban J connectivity index is 1.51. The molecule has 0 radical (unpaired) electrons. The van der Waals surface area contributed by atoms with Gasteiger partial charge in [0.2, 0.25) is 10.0 Å². The van der Waals surface area contributed by atoms with E-state index in [1.54, 1.807) is 12.1 Å². The van der Waals surface area contributed by atoms with Crippen molar-refractivity contribution in [3.63, 3.8) is 0 Å². The van der Waals surface area contributed by atoms with Crippen molar-refractivity contribution in [3.8, 4) is 5.75 Å². The molecular formula is C19H25N3O4S. The number of rotatable bonds is 8. The lowest BCUT2D eigenvalue weighted by Gasteiger charge is -2.26. The number of hydrogen-bond acceptors (Lipinski definition) is 6. The van der Waals surface area contributed by atoms with Crippen LogP contribution in [0.15, 0.2) is 53.4 Å². The van der Waals surface area contributed by atoms with E-state index in [-0.39, 0.29) is 11.4 Å². The summed E-state index contributed by atoms with van der Waals surface area (Å²) in [4.78, 5) is 2.49. The van der Waals surface area contributed by atoms with Crippen LogP contribution in [0.25, 0.3) is 0 Å². The topological polar surface area (TPSA) is 93.9 Å². The number of nitrogen functional groups attached to an aromatic ring is 1. The zero-order valence-corrected chi connectivity index (χ0v) is 16.0. The van der Waals surface area contributed by atoms with E-state index in [1.165, 1.54) is 12.1 Å². The highest BCUT2D eigenvalue weighted by atomic mass is 32.2. The van der Waals surface area contributed by atoms with Crippen LogP contribution >= 0.6 is 0 Å². The molecule has 0 aliphatic carbocycles. The summed E-state index contributed by atoms with van der Waals surface area (Å²) in [6.07, 6.45) is 0. The van der Waals surface area contributed by atoms with Gasteiger partial charge < -0.3 is 15.2 Å². The number of hydrogen-bond donors (Lipinski definition) is 2. The number of benzene rings is 2. The van der Waals surface area contributed by atoms with Gasteiger partial charge >= 0.3 is 0 Å². The van der Waals surface area contributed by atoms with Crippen LogP contribution < -0.4 is 15.2 Å². The molecule has 0 unspecified atom stereocenters. The number of nitrogens with zero attached hydrogens (tertiary/aromatic N) is 1. The Morgan fingerprint density at radius 1 is 1.11 bits per heavy atom. The predicted molar refractivity (Wildman–Crippen MR) is 104 cm³/mol. The largest absolute Gasteiger partial charge is 0.492 e. The Morgan fingerprint density at radius 3 is 2.59 bits per heavy atom. The van der Waals surface area contributed by atoms with Gasteiger partial charge in [0, 0.05) is 31.9 Å². The number of nitrogens with one attached hydrogen (secondary N) is 1. The molecule has 27 heavy (non-hydrogen) atoms. The molecule has 0 spiro atoms. The van der Waals surface area contributed by atoms with Crippen LogP contribution in [-0.4, -0.2) is 52.8 Å². The van der Waals surface area contributed by atoms with E-state index in [4.69, 9.17) is 15.2 Å². The summed E-state index contributed by atoms with van der Waals surface area (Å²) in [6, 6.07) is 13.6. The smallest absolute Gasteiger partial charge is 0.240 e. The molecule has 0 bridgehead atoms. The normalized spacial score (nSPS) is 15.6. The van der Waals surface area contributed by atoms with Gasteiger partial charge in [-0.15, -0.1) is 0 Å². The Kier molecular flexibility index (Phi) is 6.68. The summed E-state index contributed by atoms with van der Waals surface area (Å²) in [6.45, 7) is 5.01. The molecule has 2 aromatic rings. The van der Waals surface area contributed by atoms with E-state index in [1.807, 2.05) is 24.3 Å². The van der Waals surface area contributed by atoms with Gasteiger partial charge in [0.1, 0.15) is 12.4 Å². The standard InChI is InChI=1S/C19H25N3O4S/c20-17-4-6-19(7-5-17)27(23,24)21-15-16-2-1-3-18(14-16)26-13-10-22-8-11-25-12-9-22/h1-7,14,21H,8-13,15,20H2. The van der Waals surface area contributed by atoms with Gasteiger partial charge in [-0.25, -0.2) is 13.1 Å². The number of nitrogens with two attached hydrogens (primary N) is 1. The monoisotopic (exact) mass is 391 g/mol. The third-order valence-electron chi connectivity index (χ3n) is 4.34. The lowest BCUT2D eigenvalue weighted by Crippen LogP contribution is -2.38. The summed E-state index contributed by atoms with van der Waals surface area (Å²) in [5.41, 5.74) is 6.96. The first-order valence-corrected chi connectivity index (χ1v) is 10.4. The first kappa shape index (κ1) is 19.6. The molecule has 0 aromatic heterocycles. The Labute approximate surface area is 160 Å². The fraction of sp³-hybridized carbons (Fsp3) is 0.368. The summed E-state index contributed by atoms with van der Waals surface area (Å²) < 4.78 is 38.4. The fourth-order valence-corrected chi connectivity index (χ4v) is 3.79. The molecular weight excluding hydrogens is 366 g/mol. The van der Waals surface area contributed by atoms with Crippen LogP contribution in [0, 0.1) is 0 Å². The Morgan fingerprint density at radius 2 is 1.85 bits per heavy atom. The van der Waals surface area contributed by atoms with Crippen LogP contribution in [0.1, 0.15) is 5.56 Å². The molecule has 8 heteroatoms. The van der Waals surface area contributed by atoms with Crippen LogP contribution in [0.4, 0.5) is 5.69 Å². The van der Waals surface area contributed by atoms with E-state index in [2.05, 4.69) is 9.62 Å². The van der Waals surface area contributed by atoms with Crippen molar-refractivity contribution in [2.45, 2.75) is 11.4 Å². The molecule has 1 aliphatic rings. The van der Waals surface area contributed by atoms with Gasteiger partial charge in [-0.1, -0.05) is 12.1 Å². The van der Waals surface area contributed by atoms with Crippen molar-refractivity contribution in [1.82, 2.24) is 9.62 Å². The Bertz CT molecular complexity index is 834. The van der Waals surface area contributed by atoms with Crippen molar-refractivity contribution in [1.29, 1.82) is 0 Å². The van der Waals surface area contributed by atoms with Gasteiger partial charge in [-0.2, -0.15) is 0 Å². The fourth-order valence-electron chi connectivity index (χ4n) is 2.77. The highest BCUT2D eigenvalue weighted by molar-refractivity contribution is 7.89. The summed E-state index contributed by atoms with van der Waals surface area (Å²) >= 11 is 0. The predicted octanol–water partition coefficient (Wildman–Crippen LogP) is 1.46. The summed E-state index contributed by atoms with van der Waals surface area (Å²) in [5.74, 6) is 0.729. The van der Waals surface area contributed by atoms with Crippen molar-refractivity contribution in [2.24, 2.45) is 0 Å². The number of morpholine rings is 1. The summed E-state index contributed by atoms with van der Waals surface area (Å²) in [5, 5.41) is 0. The van der Waals surface area contributed by atoms with E-state index < -0.39 is 10.0 Å². The highest BCUT2D eigenvalue weighted by Gasteiger charge is 2.13. The van der Waals surface area contributed by atoms with Crippen LogP contribution in [-0.2, 0) is 21.3 Å². The molecule has 0 amide bonds. The van der Waals surface area contributed by atoms with Gasteiger partial charge in [-0.05, 0) is 42.0 Å². The highest BCUT2D eigenvalue weighted by Crippen LogP contribution is 2.15. The second-order valence-corrected chi connectivity index (χ2v) is 8.11. The molecule has 2 aromatic carbocycles. The van der Waals surface area contributed by atoms with E-state index >= 15 is 0 Å². The van der Waals surface area contributed by atoms with Gasteiger partial charge in [0.25, 0.3) is 0 Å². The molecule has 146 valence electrons. The van der Waals surface area contributed by atoms with Crippen molar-refractivity contribution in [2.75, 3.05) is 45.2 Å². The molecule has 1 fully saturated rings. The van der Waals surface area contributed by atoms with Crippen LogP contribution in [0.5, 0.6) is 5.75 Å². The molecule has 0 saturated carbocycles. The minimum Gasteiger partial charge on any atom is -0.492 e. The maximum atomic E-state index is 12.3. The molecule has 7 nitrogen and oxygen atoms in total. The summed E-state index contributed by atoms with van der Waals surface area (Å²) in [7, 11) is -3.58. The molecule has 1 heterocycles. The van der Waals surface area contributed by atoms with Crippen molar-refractivity contribution in [3.05, 3.63) is 54.1 Å². The van der Waals surface area contributed by atoms with Gasteiger partial charge in [0.05, 0.1) is 18.1 Å². The van der Waals surface area contributed by atoms with Crippen LogP contribution in [0.2, 0.25) is 0 Å². The van der Waals surface area contributed by atoms with E-state index in [0.29, 0.717) is 12.3 Å². The van der Waals surface area contributed by atoms with Gasteiger partial charge in [0.15, 0.2) is 0 Å². The lowest BCUT2D eigenvalue weighted by molar-refractivity contribution is 0.0322. The first-order chi connectivity index (χ1) is 13.0. The molecule has 3 rings (SSSR count). The maximum absolute atomic E-state index is 12.3. The zero-order valence-electron chi connectivity index (χ0n) is 15.1. The van der Waals surface area contributed by atoms with E-state index in [0.717, 1.165) is 44.2 Å². The first-order valence-electron chi connectivity index (χ1n) is 8.90. The molecule has 3 N–H and O–H groups in total. The van der Waals surface area contributed by atoms with Crippen molar-refractivity contribution >= 4 is 15.7 Å². The lowest BCUT2D eigenvalue weighted by atomic mass is 10.2. The van der Waals surface area contributed by atoms with Crippen molar-refractivity contribution < 1.29 is 17.9 Å². The quantitative estimate of drug-likeness (QED) is 0.662. The third kappa shape index (κ3) is 5.93. The average Bonchev–Trinajstić information content (AvgIpc) is 2.68. The van der Waals surface area contributed by atoms with E-state index in [9.17, 15) is 8.42 Å². The molecule has 1 aliphatic heterocycles. The SMILES string of the molecule is Nc1ccc(S(=O)(=O)NCc2cccc(OCCN3CCOCC3)c2)cc1. The third-order valence-corrected chi connectivity index (χ3v) is 5.75.